The Morgan fingerprint density at radius 3 is 2.59 bits per heavy atom. The summed E-state index contributed by atoms with van der Waals surface area (Å²) in [5, 5.41) is 11.6. The first kappa shape index (κ1) is 20.2. The van der Waals surface area contributed by atoms with Gasteiger partial charge in [-0.2, -0.15) is 14.7 Å². The van der Waals surface area contributed by atoms with Crippen LogP contribution >= 0.6 is 0 Å². The van der Waals surface area contributed by atoms with Crippen molar-refractivity contribution in [3.8, 4) is 11.3 Å². The van der Waals surface area contributed by atoms with Gasteiger partial charge in [0, 0.05) is 35.1 Å². The molecular weight excluding hydrogens is 411 g/mol. The van der Waals surface area contributed by atoms with Crippen molar-refractivity contribution >= 4 is 11.6 Å². The first-order valence-corrected chi connectivity index (χ1v) is 10.6. The number of fused-ring (bicyclic) bond motifs is 2. The van der Waals surface area contributed by atoms with Crippen LogP contribution in [0.2, 0.25) is 0 Å². The summed E-state index contributed by atoms with van der Waals surface area (Å²) in [6, 6.07) is 7.87. The molecule has 0 unspecified atom stereocenters. The van der Waals surface area contributed by atoms with E-state index in [2.05, 4.69) is 15.3 Å². The summed E-state index contributed by atoms with van der Waals surface area (Å²) in [6.45, 7) is 7.03. The third-order valence-corrected chi connectivity index (χ3v) is 6.20. The fourth-order valence-corrected chi connectivity index (χ4v) is 4.42. The first-order valence-electron chi connectivity index (χ1n) is 10.6. The fraction of sp³-hybridized carbons (Fsp3) is 0.304. The molecule has 0 saturated carbocycles. The molecule has 32 heavy (non-hydrogen) atoms. The van der Waals surface area contributed by atoms with Crippen molar-refractivity contribution < 1.29 is 9.18 Å². The lowest BCUT2D eigenvalue weighted by atomic mass is 10.1. The van der Waals surface area contributed by atoms with E-state index in [9.17, 15) is 14.0 Å². The van der Waals surface area contributed by atoms with Crippen LogP contribution in [0, 0.1) is 19.7 Å². The molecule has 3 aromatic heterocycles. The van der Waals surface area contributed by atoms with Crippen molar-refractivity contribution in [2.75, 3.05) is 0 Å². The van der Waals surface area contributed by atoms with Crippen LogP contribution in [-0.2, 0) is 30.8 Å². The highest BCUT2D eigenvalue weighted by molar-refractivity contribution is 5.80. The molecule has 0 saturated heterocycles. The van der Waals surface area contributed by atoms with Gasteiger partial charge in [-0.05, 0) is 45.0 Å². The average Bonchev–Trinajstić information content (AvgIpc) is 3.49. The SMILES string of the molecule is CCn1c2c(c(=O)n3nc(-c4ccc(F)cc4)cc13)CN(C(=O)Cc1c(C)n[nH]c1C)C2. The normalized spacial score (nSPS) is 13.2. The molecule has 8 nitrogen and oxygen atoms in total. The van der Waals surface area contributed by atoms with Crippen molar-refractivity contribution in [3.63, 3.8) is 0 Å². The highest BCUT2D eigenvalue weighted by Crippen LogP contribution is 2.26. The Hall–Kier alpha value is -3.75. The van der Waals surface area contributed by atoms with Crippen LogP contribution in [0.4, 0.5) is 4.39 Å². The summed E-state index contributed by atoms with van der Waals surface area (Å²) in [7, 11) is 0. The zero-order valence-corrected chi connectivity index (χ0v) is 18.1. The van der Waals surface area contributed by atoms with Gasteiger partial charge in [-0.25, -0.2) is 4.39 Å². The van der Waals surface area contributed by atoms with Gasteiger partial charge in [-0.1, -0.05) is 0 Å². The Kier molecular flexibility index (Phi) is 4.69. The number of hydrogen-bond donors (Lipinski definition) is 1. The molecule has 0 radical (unpaired) electrons. The van der Waals surface area contributed by atoms with E-state index in [1.807, 2.05) is 31.4 Å². The number of amides is 1. The number of aromatic amines is 1. The minimum Gasteiger partial charge on any atom is -0.332 e. The highest BCUT2D eigenvalue weighted by Gasteiger charge is 2.30. The van der Waals surface area contributed by atoms with E-state index < -0.39 is 0 Å². The topological polar surface area (TPSA) is 88.3 Å². The minimum atomic E-state index is -0.324. The van der Waals surface area contributed by atoms with Crippen LogP contribution < -0.4 is 5.56 Å². The second kappa shape index (κ2) is 7.44. The predicted octanol–water partition coefficient (Wildman–Crippen LogP) is 2.75. The molecule has 0 bridgehead atoms. The van der Waals surface area contributed by atoms with Crippen LogP contribution in [0.25, 0.3) is 16.9 Å². The van der Waals surface area contributed by atoms with E-state index in [1.54, 1.807) is 17.0 Å². The number of benzene rings is 1. The van der Waals surface area contributed by atoms with Gasteiger partial charge < -0.3 is 9.47 Å². The van der Waals surface area contributed by atoms with E-state index in [-0.39, 0.29) is 30.2 Å². The number of rotatable bonds is 4. The number of nitrogens with zero attached hydrogens (tertiary/aromatic N) is 5. The number of carbonyl (C=O) groups is 1. The zero-order chi connectivity index (χ0) is 22.6. The maximum atomic E-state index is 13.3. The van der Waals surface area contributed by atoms with Gasteiger partial charge in [0.25, 0.3) is 5.56 Å². The number of carbonyl (C=O) groups excluding carboxylic acids is 1. The Labute approximate surface area is 183 Å². The molecule has 0 fully saturated rings. The maximum absolute atomic E-state index is 13.3. The number of aryl methyl sites for hydroxylation is 3. The van der Waals surface area contributed by atoms with E-state index in [0.29, 0.717) is 30.0 Å². The second-order valence-corrected chi connectivity index (χ2v) is 8.12. The summed E-state index contributed by atoms with van der Waals surface area (Å²) in [6.07, 6.45) is 0.244. The molecule has 1 aliphatic heterocycles. The Bertz CT molecular complexity index is 1390. The molecule has 164 valence electrons. The van der Waals surface area contributed by atoms with Crippen LogP contribution in [0.3, 0.4) is 0 Å². The summed E-state index contributed by atoms with van der Waals surface area (Å²) < 4.78 is 16.7. The number of hydrogen-bond acceptors (Lipinski definition) is 4. The van der Waals surface area contributed by atoms with Crippen molar-refractivity contribution in [1.29, 1.82) is 0 Å². The molecule has 1 amide bonds. The third-order valence-electron chi connectivity index (χ3n) is 6.20. The molecular formula is C23H23FN6O2. The largest absolute Gasteiger partial charge is 0.332 e. The van der Waals surface area contributed by atoms with E-state index >= 15 is 0 Å². The van der Waals surface area contributed by atoms with E-state index in [4.69, 9.17) is 0 Å². The number of H-pyrrole nitrogens is 1. The second-order valence-electron chi connectivity index (χ2n) is 8.12. The molecule has 4 aromatic rings. The van der Waals surface area contributed by atoms with Gasteiger partial charge in [0.05, 0.1) is 36.5 Å². The maximum Gasteiger partial charge on any atom is 0.279 e. The average molecular weight is 434 g/mol. The predicted molar refractivity (Wildman–Crippen MR) is 117 cm³/mol. The fourth-order valence-electron chi connectivity index (χ4n) is 4.42. The Balaban J connectivity index is 1.52. The Morgan fingerprint density at radius 1 is 1.19 bits per heavy atom. The highest BCUT2D eigenvalue weighted by atomic mass is 19.1. The lowest BCUT2D eigenvalue weighted by Gasteiger charge is -2.16. The Morgan fingerprint density at radius 2 is 1.94 bits per heavy atom. The van der Waals surface area contributed by atoms with Crippen molar-refractivity contribution in [3.05, 3.63) is 74.7 Å². The quantitative estimate of drug-likeness (QED) is 0.535. The van der Waals surface area contributed by atoms with Crippen LogP contribution in [0.1, 0.15) is 35.1 Å². The molecule has 0 spiro atoms. The monoisotopic (exact) mass is 434 g/mol. The minimum absolute atomic E-state index is 0.0412. The molecule has 1 N–H and O–H groups in total. The molecule has 9 heteroatoms. The van der Waals surface area contributed by atoms with E-state index in [1.165, 1.54) is 16.6 Å². The van der Waals surface area contributed by atoms with E-state index in [0.717, 1.165) is 28.2 Å². The van der Waals surface area contributed by atoms with Crippen molar-refractivity contribution in [2.24, 2.45) is 0 Å². The zero-order valence-electron chi connectivity index (χ0n) is 18.1. The molecule has 0 atom stereocenters. The smallest absolute Gasteiger partial charge is 0.279 e. The third kappa shape index (κ3) is 3.12. The summed E-state index contributed by atoms with van der Waals surface area (Å²) in [5.74, 6) is -0.365. The summed E-state index contributed by atoms with van der Waals surface area (Å²) in [4.78, 5) is 28.0. The van der Waals surface area contributed by atoms with Crippen LogP contribution in [0.15, 0.2) is 35.1 Å². The van der Waals surface area contributed by atoms with Crippen molar-refractivity contribution in [2.45, 2.75) is 46.8 Å². The van der Waals surface area contributed by atoms with Crippen LogP contribution in [-0.4, -0.2) is 35.2 Å². The van der Waals surface area contributed by atoms with Crippen molar-refractivity contribution in [1.82, 2.24) is 29.3 Å². The number of nitrogens with one attached hydrogen (secondary N) is 1. The molecule has 5 rings (SSSR count). The number of halogens is 1. The van der Waals surface area contributed by atoms with Gasteiger partial charge in [0.15, 0.2) is 0 Å². The number of aromatic nitrogens is 5. The van der Waals surface area contributed by atoms with Gasteiger partial charge >= 0.3 is 0 Å². The van der Waals surface area contributed by atoms with Gasteiger partial charge in [-0.3, -0.25) is 14.7 Å². The lowest BCUT2D eigenvalue weighted by Crippen LogP contribution is -2.28. The standard InChI is InChI=1S/C23H23FN6O2/c1-4-29-20-12-28(22(31)9-17-13(2)25-26-14(17)3)11-18(20)23(32)30-21(29)10-19(27-30)15-5-7-16(24)8-6-15/h5-8,10H,4,9,11-12H2,1-3H3,(H,25,26). The molecule has 1 aromatic carbocycles. The molecule has 0 aliphatic carbocycles. The van der Waals surface area contributed by atoms with Gasteiger partial charge in [0.1, 0.15) is 11.5 Å². The lowest BCUT2D eigenvalue weighted by molar-refractivity contribution is -0.131. The van der Waals surface area contributed by atoms with Crippen LogP contribution in [0.5, 0.6) is 0 Å². The molecule has 1 aliphatic rings. The van der Waals surface area contributed by atoms with Gasteiger partial charge in [0.2, 0.25) is 5.91 Å². The molecule has 4 heterocycles. The van der Waals surface area contributed by atoms with Gasteiger partial charge in [-0.15, -0.1) is 0 Å². The first-order chi connectivity index (χ1) is 15.4. The summed E-state index contributed by atoms with van der Waals surface area (Å²) >= 11 is 0. The summed E-state index contributed by atoms with van der Waals surface area (Å²) in [5.41, 5.74) is 5.79.